The van der Waals surface area contributed by atoms with Gasteiger partial charge in [-0.1, -0.05) is 43.8 Å². The van der Waals surface area contributed by atoms with Gasteiger partial charge in [0.2, 0.25) is 0 Å². The summed E-state index contributed by atoms with van der Waals surface area (Å²) in [5, 5.41) is 0. The number of hydrogen-bond acceptors (Lipinski definition) is 2. The number of nitrogens with one attached hydrogen (secondary N) is 2. The van der Waals surface area contributed by atoms with Crippen LogP contribution in [0.25, 0.3) is 5.70 Å². The minimum absolute atomic E-state index is 0.911. The fraction of sp³-hybridized carbons (Fsp3) is 0.273. The molecule has 0 atom stereocenters. The van der Waals surface area contributed by atoms with Crippen molar-refractivity contribution in [3.8, 4) is 0 Å². The molecule has 0 saturated carbocycles. The summed E-state index contributed by atoms with van der Waals surface area (Å²) in [6, 6.07) is 10.1. The maximum atomic E-state index is 3.92. The first kappa shape index (κ1) is 9.81. The van der Waals surface area contributed by atoms with Crippen molar-refractivity contribution in [1.82, 2.24) is 10.9 Å². The Balaban J connectivity index is 2.40. The summed E-state index contributed by atoms with van der Waals surface area (Å²) in [5.41, 5.74) is 8.17. The van der Waals surface area contributed by atoms with Gasteiger partial charge in [0.05, 0.1) is 0 Å². The van der Waals surface area contributed by atoms with Gasteiger partial charge in [-0.25, -0.2) is 5.43 Å². The summed E-state index contributed by atoms with van der Waals surface area (Å²) in [6.07, 6.45) is 1.11. The third kappa shape index (κ3) is 3.30. The Morgan fingerprint density at radius 3 is 2.62 bits per heavy atom. The second-order valence-corrected chi connectivity index (χ2v) is 2.90. The van der Waals surface area contributed by atoms with Crippen LogP contribution in [0.15, 0.2) is 36.9 Å². The fourth-order valence-corrected chi connectivity index (χ4v) is 1.01. The number of hydrogen-bond donors (Lipinski definition) is 2. The van der Waals surface area contributed by atoms with E-state index in [1.54, 1.807) is 0 Å². The highest BCUT2D eigenvalue weighted by molar-refractivity contribution is 5.60. The van der Waals surface area contributed by atoms with Crippen LogP contribution in [0.4, 0.5) is 0 Å². The van der Waals surface area contributed by atoms with E-state index in [1.165, 1.54) is 0 Å². The van der Waals surface area contributed by atoms with Crippen molar-refractivity contribution in [2.75, 3.05) is 6.54 Å². The molecule has 2 N–H and O–H groups in total. The van der Waals surface area contributed by atoms with Crippen LogP contribution in [0.1, 0.15) is 18.9 Å². The standard InChI is InChI=1S/C11H16N2/c1-3-9-12-13-10(2)11-7-5-4-6-8-11/h4-8,12-13H,2-3,9H2,1H3. The van der Waals surface area contributed by atoms with Crippen LogP contribution in [0.2, 0.25) is 0 Å². The van der Waals surface area contributed by atoms with Gasteiger partial charge in [-0.05, 0) is 12.0 Å². The molecule has 0 radical (unpaired) electrons. The van der Waals surface area contributed by atoms with Crippen LogP contribution in [-0.2, 0) is 0 Å². The van der Waals surface area contributed by atoms with Gasteiger partial charge in [0.1, 0.15) is 0 Å². The molecule has 0 aliphatic carbocycles. The SMILES string of the molecule is C=C(NNCCC)c1ccccc1. The van der Waals surface area contributed by atoms with E-state index < -0.39 is 0 Å². The molecule has 1 rings (SSSR count). The molecule has 1 aromatic carbocycles. The molecule has 2 nitrogen and oxygen atoms in total. The van der Waals surface area contributed by atoms with Gasteiger partial charge in [-0.15, -0.1) is 0 Å². The lowest BCUT2D eigenvalue weighted by atomic mass is 10.2. The van der Waals surface area contributed by atoms with Crippen molar-refractivity contribution in [3.05, 3.63) is 42.5 Å². The smallest absolute Gasteiger partial charge is 0.0488 e. The summed E-state index contributed by atoms with van der Waals surface area (Å²) in [7, 11) is 0. The summed E-state index contributed by atoms with van der Waals surface area (Å²) < 4.78 is 0. The van der Waals surface area contributed by atoms with Crippen molar-refractivity contribution in [2.24, 2.45) is 0 Å². The van der Waals surface area contributed by atoms with Gasteiger partial charge in [0, 0.05) is 12.2 Å². The number of hydrazine groups is 1. The van der Waals surface area contributed by atoms with Gasteiger partial charge >= 0.3 is 0 Å². The lowest BCUT2D eigenvalue weighted by molar-refractivity contribution is 0.629. The second-order valence-electron chi connectivity index (χ2n) is 2.90. The lowest BCUT2D eigenvalue weighted by Crippen LogP contribution is -2.30. The van der Waals surface area contributed by atoms with Gasteiger partial charge in [-0.3, -0.25) is 0 Å². The molecule has 0 aliphatic heterocycles. The quantitative estimate of drug-likeness (QED) is 0.530. The first-order chi connectivity index (χ1) is 6.34. The molecule has 2 heteroatoms. The Morgan fingerprint density at radius 1 is 1.31 bits per heavy atom. The van der Waals surface area contributed by atoms with E-state index in [1.807, 2.05) is 30.3 Å². The van der Waals surface area contributed by atoms with E-state index in [4.69, 9.17) is 0 Å². The average Bonchev–Trinajstić information content (AvgIpc) is 2.19. The Hall–Kier alpha value is -1.28. The summed E-state index contributed by atoms with van der Waals surface area (Å²) in [4.78, 5) is 0. The zero-order valence-corrected chi connectivity index (χ0v) is 8.01. The average molecular weight is 176 g/mol. The molecule has 0 fully saturated rings. The molecule has 0 spiro atoms. The Morgan fingerprint density at radius 2 is 2.00 bits per heavy atom. The predicted molar refractivity (Wildman–Crippen MR) is 56.9 cm³/mol. The van der Waals surface area contributed by atoms with Crippen LogP contribution >= 0.6 is 0 Å². The highest BCUT2D eigenvalue weighted by Gasteiger charge is 1.94. The predicted octanol–water partition coefficient (Wildman–Crippen LogP) is 2.16. The first-order valence-electron chi connectivity index (χ1n) is 4.57. The maximum absolute atomic E-state index is 3.92. The van der Waals surface area contributed by atoms with Crippen LogP contribution in [0.5, 0.6) is 0 Å². The first-order valence-corrected chi connectivity index (χ1v) is 4.57. The van der Waals surface area contributed by atoms with Crippen molar-refractivity contribution >= 4 is 5.70 Å². The fourth-order valence-electron chi connectivity index (χ4n) is 1.01. The zero-order chi connectivity index (χ0) is 9.52. The van der Waals surface area contributed by atoms with Crippen LogP contribution in [0.3, 0.4) is 0 Å². The molecular weight excluding hydrogens is 160 g/mol. The normalized spacial score (nSPS) is 9.62. The summed E-state index contributed by atoms with van der Waals surface area (Å²) in [6.45, 7) is 7.00. The summed E-state index contributed by atoms with van der Waals surface area (Å²) >= 11 is 0. The van der Waals surface area contributed by atoms with Crippen molar-refractivity contribution in [1.29, 1.82) is 0 Å². The minimum atomic E-state index is 0.911. The van der Waals surface area contributed by atoms with Gasteiger partial charge in [0.15, 0.2) is 0 Å². The van der Waals surface area contributed by atoms with Crippen LogP contribution in [-0.4, -0.2) is 6.54 Å². The molecule has 70 valence electrons. The van der Waals surface area contributed by atoms with Crippen molar-refractivity contribution < 1.29 is 0 Å². The molecule has 1 aromatic rings. The number of rotatable bonds is 5. The molecule has 0 heterocycles. The van der Waals surface area contributed by atoms with E-state index in [0.29, 0.717) is 0 Å². The molecule has 0 bridgehead atoms. The van der Waals surface area contributed by atoms with Crippen LogP contribution < -0.4 is 10.9 Å². The maximum Gasteiger partial charge on any atom is 0.0488 e. The molecule has 0 aromatic heterocycles. The molecule has 0 saturated heterocycles. The third-order valence-corrected chi connectivity index (χ3v) is 1.74. The van der Waals surface area contributed by atoms with E-state index in [9.17, 15) is 0 Å². The Bertz CT molecular complexity index is 254. The largest absolute Gasteiger partial charge is 0.322 e. The molecule has 0 amide bonds. The Labute approximate surface area is 79.6 Å². The monoisotopic (exact) mass is 176 g/mol. The van der Waals surface area contributed by atoms with E-state index in [-0.39, 0.29) is 0 Å². The molecular formula is C11H16N2. The van der Waals surface area contributed by atoms with Gasteiger partial charge < -0.3 is 5.43 Å². The minimum Gasteiger partial charge on any atom is -0.322 e. The highest BCUT2D eigenvalue weighted by atomic mass is 15.4. The van der Waals surface area contributed by atoms with E-state index >= 15 is 0 Å². The molecule has 13 heavy (non-hydrogen) atoms. The molecule has 0 unspecified atom stereocenters. The summed E-state index contributed by atoms with van der Waals surface area (Å²) in [5.74, 6) is 0. The number of benzene rings is 1. The topological polar surface area (TPSA) is 24.1 Å². The van der Waals surface area contributed by atoms with Crippen molar-refractivity contribution in [2.45, 2.75) is 13.3 Å². The third-order valence-electron chi connectivity index (χ3n) is 1.74. The second kappa shape index (κ2) is 5.38. The lowest BCUT2D eigenvalue weighted by Gasteiger charge is -2.09. The molecule has 0 aliphatic rings. The van der Waals surface area contributed by atoms with Crippen LogP contribution in [0, 0.1) is 0 Å². The Kier molecular flexibility index (Phi) is 4.06. The van der Waals surface area contributed by atoms with Gasteiger partial charge in [0.25, 0.3) is 0 Å². The highest BCUT2D eigenvalue weighted by Crippen LogP contribution is 2.06. The zero-order valence-electron chi connectivity index (χ0n) is 8.01. The van der Waals surface area contributed by atoms with E-state index in [2.05, 4.69) is 24.4 Å². The van der Waals surface area contributed by atoms with Crippen molar-refractivity contribution in [3.63, 3.8) is 0 Å². The van der Waals surface area contributed by atoms with E-state index in [0.717, 1.165) is 24.2 Å². The van der Waals surface area contributed by atoms with Gasteiger partial charge in [-0.2, -0.15) is 0 Å².